The summed E-state index contributed by atoms with van der Waals surface area (Å²) in [6.07, 6.45) is 9.88. The molecule has 29 heavy (non-hydrogen) atoms. The molecule has 0 spiro atoms. The summed E-state index contributed by atoms with van der Waals surface area (Å²) in [6, 6.07) is 6.00. The van der Waals surface area contributed by atoms with Crippen molar-refractivity contribution in [3.63, 3.8) is 0 Å². The van der Waals surface area contributed by atoms with Crippen LogP contribution >= 0.6 is 27.5 Å². The molecule has 0 saturated carbocycles. The van der Waals surface area contributed by atoms with Crippen molar-refractivity contribution in [1.29, 1.82) is 0 Å². The normalized spacial score (nSPS) is 11.2. The number of hydrogen-bond donors (Lipinski definition) is 2. The van der Waals surface area contributed by atoms with Gasteiger partial charge in [0.1, 0.15) is 5.00 Å². The Balaban J connectivity index is 1.43. The lowest BCUT2D eigenvalue weighted by Crippen LogP contribution is -2.00. The van der Waals surface area contributed by atoms with Gasteiger partial charge in [0.15, 0.2) is 11.5 Å². The molecular formula is C19H15BrN8S. The van der Waals surface area contributed by atoms with E-state index in [4.69, 9.17) is 0 Å². The van der Waals surface area contributed by atoms with E-state index in [0.717, 1.165) is 43.5 Å². The molecule has 5 aromatic rings. The molecule has 0 amide bonds. The lowest BCUT2D eigenvalue weighted by Gasteiger charge is -2.07. The van der Waals surface area contributed by atoms with E-state index in [0.29, 0.717) is 12.2 Å². The molecular weight excluding hydrogens is 452 g/mol. The summed E-state index contributed by atoms with van der Waals surface area (Å²) < 4.78 is 7.52. The van der Waals surface area contributed by atoms with E-state index in [9.17, 15) is 0 Å². The lowest BCUT2D eigenvalue weighted by atomic mass is 10.2. The number of imidazole rings is 1. The smallest absolute Gasteiger partial charge is 0.180 e. The molecule has 5 rings (SSSR count). The minimum Gasteiger partial charge on any atom is -0.328 e. The van der Waals surface area contributed by atoms with Crippen molar-refractivity contribution in [2.24, 2.45) is 0 Å². The fourth-order valence-corrected chi connectivity index (χ4v) is 3.96. The van der Waals surface area contributed by atoms with Crippen molar-refractivity contribution in [3.8, 4) is 11.3 Å². The molecule has 0 unspecified atom stereocenters. The number of pyridine rings is 1. The zero-order valence-electron chi connectivity index (χ0n) is 15.3. The van der Waals surface area contributed by atoms with Gasteiger partial charge in [0, 0.05) is 40.7 Å². The number of halogens is 1. The van der Waals surface area contributed by atoms with Crippen molar-refractivity contribution in [2.45, 2.75) is 13.3 Å². The van der Waals surface area contributed by atoms with E-state index in [2.05, 4.69) is 50.8 Å². The largest absolute Gasteiger partial charge is 0.328 e. The first-order valence-corrected chi connectivity index (χ1v) is 10.4. The zero-order chi connectivity index (χ0) is 19.8. The summed E-state index contributed by atoms with van der Waals surface area (Å²) >= 11 is 4.80. The van der Waals surface area contributed by atoms with Gasteiger partial charge in [-0.25, -0.2) is 9.97 Å². The molecule has 0 aromatic carbocycles. The summed E-state index contributed by atoms with van der Waals surface area (Å²) in [5.74, 6) is 0.691. The summed E-state index contributed by atoms with van der Waals surface area (Å²) in [5, 5.41) is 11.1. The third-order valence-corrected chi connectivity index (χ3v) is 5.57. The molecule has 0 aliphatic carbocycles. The van der Waals surface area contributed by atoms with Crippen LogP contribution in [0.4, 0.5) is 10.8 Å². The maximum absolute atomic E-state index is 4.64. The Kier molecular flexibility index (Phi) is 4.57. The maximum Gasteiger partial charge on any atom is 0.180 e. The fourth-order valence-electron chi connectivity index (χ4n) is 3.06. The molecule has 5 aromatic heterocycles. The molecule has 8 nitrogen and oxygen atoms in total. The summed E-state index contributed by atoms with van der Waals surface area (Å²) in [7, 11) is 0. The number of nitrogens with one attached hydrogen (secondary N) is 2. The first-order chi connectivity index (χ1) is 14.2. The summed E-state index contributed by atoms with van der Waals surface area (Å²) in [5.41, 5.74) is 5.48. The van der Waals surface area contributed by atoms with E-state index in [1.54, 1.807) is 12.4 Å². The van der Waals surface area contributed by atoms with Gasteiger partial charge in [-0.05, 0) is 52.6 Å². The SMILES string of the molecule is Cc1cn2c(-c3cn[nH]c3)cnc2c(Nc2cc(Cc3ccc(Br)cn3)ns2)n1. The van der Waals surface area contributed by atoms with Gasteiger partial charge in [0.05, 0.1) is 29.5 Å². The van der Waals surface area contributed by atoms with E-state index >= 15 is 0 Å². The molecule has 0 fully saturated rings. The molecule has 2 N–H and O–H groups in total. The molecule has 0 aliphatic heterocycles. The van der Waals surface area contributed by atoms with Gasteiger partial charge in [-0.3, -0.25) is 14.5 Å². The van der Waals surface area contributed by atoms with Crippen LogP contribution in [0.25, 0.3) is 16.9 Å². The van der Waals surface area contributed by atoms with Crippen LogP contribution in [0.15, 0.2) is 53.7 Å². The third kappa shape index (κ3) is 3.64. The van der Waals surface area contributed by atoms with Crippen LogP contribution in [0.2, 0.25) is 0 Å². The second-order valence-electron chi connectivity index (χ2n) is 6.51. The van der Waals surface area contributed by atoms with Crippen LogP contribution < -0.4 is 5.32 Å². The van der Waals surface area contributed by atoms with Gasteiger partial charge >= 0.3 is 0 Å². The number of aromatic amines is 1. The molecule has 0 atom stereocenters. The first-order valence-electron chi connectivity index (χ1n) is 8.82. The maximum atomic E-state index is 4.64. The monoisotopic (exact) mass is 466 g/mol. The highest BCUT2D eigenvalue weighted by atomic mass is 79.9. The van der Waals surface area contributed by atoms with Gasteiger partial charge < -0.3 is 5.32 Å². The van der Waals surface area contributed by atoms with Crippen molar-refractivity contribution >= 4 is 43.9 Å². The Hall–Kier alpha value is -3.11. The Morgan fingerprint density at radius 1 is 1.17 bits per heavy atom. The molecule has 10 heteroatoms. The molecule has 0 saturated heterocycles. The number of anilines is 2. The summed E-state index contributed by atoms with van der Waals surface area (Å²) in [6.45, 7) is 1.96. The quantitative estimate of drug-likeness (QED) is 0.398. The van der Waals surface area contributed by atoms with Gasteiger partial charge in [-0.2, -0.15) is 9.47 Å². The number of hydrogen-bond acceptors (Lipinski definition) is 7. The average Bonchev–Trinajstić information content (AvgIpc) is 3.44. The van der Waals surface area contributed by atoms with Gasteiger partial charge in [-0.15, -0.1) is 0 Å². The molecule has 144 valence electrons. The first kappa shape index (κ1) is 18.0. The number of H-pyrrole nitrogens is 1. The number of aromatic nitrogens is 7. The highest BCUT2D eigenvalue weighted by Gasteiger charge is 2.14. The Morgan fingerprint density at radius 2 is 2.10 bits per heavy atom. The Bertz CT molecular complexity index is 1270. The summed E-state index contributed by atoms with van der Waals surface area (Å²) in [4.78, 5) is 13.6. The van der Waals surface area contributed by atoms with Crippen molar-refractivity contribution in [3.05, 3.63) is 70.7 Å². The van der Waals surface area contributed by atoms with Crippen LogP contribution in [-0.2, 0) is 6.42 Å². The molecule has 0 aliphatic rings. The average molecular weight is 467 g/mol. The van der Waals surface area contributed by atoms with Crippen LogP contribution in [0, 0.1) is 6.92 Å². The number of rotatable bonds is 5. The predicted molar refractivity (Wildman–Crippen MR) is 115 cm³/mol. The van der Waals surface area contributed by atoms with Crippen molar-refractivity contribution in [2.75, 3.05) is 5.32 Å². The van der Waals surface area contributed by atoms with Crippen LogP contribution in [0.5, 0.6) is 0 Å². The number of fused-ring (bicyclic) bond motifs is 1. The van der Waals surface area contributed by atoms with Crippen molar-refractivity contribution in [1.82, 2.24) is 33.9 Å². The second-order valence-corrected chi connectivity index (χ2v) is 8.23. The fraction of sp³-hybridized carbons (Fsp3) is 0.105. The highest BCUT2D eigenvalue weighted by molar-refractivity contribution is 9.10. The van der Waals surface area contributed by atoms with Crippen LogP contribution in [0.1, 0.15) is 17.1 Å². The van der Waals surface area contributed by atoms with E-state index in [-0.39, 0.29) is 0 Å². The van der Waals surface area contributed by atoms with Gasteiger partial charge in [-0.1, -0.05) is 0 Å². The van der Waals surface area contributed by atoms with Crippen LogP contribution in [0.3, 0.4) is 0 Å². The second kappa shape index (κ2) is 7.37. The standard InChI is InChI=1S/C19H15BrN8S/c1-11-10-28-16(12-6-23-24-7-12)9-22-19(28)18(25-11)26-17-5-15(27-29-17)4-14-3-2-13(20)8-21-14/h2-3,5-10H,4H2,1H3,(H,23,24)(H,25,26). The minimum atomic E-state index is 0.677. The Labute approximate surface area is 178 Å². The van der Waals surface area contributed by atoms with E-state index in [1.807, 2.05) is 48.1 Å². The Morgan fingerprint density at radius 3 is 2.90 bits per heavy atom. The minimum absolute atomic E-state index is 0.677. The van der Waals surface area contributed by atoms with E-state index < -0.39 is 0 Å². The topological polar surface area (TPSA) is 96.7 Å². The number of nitrogens with zero attached hydrogens (tertiary/aromatic N) is 6. The molecule has 0 bridgehead atoms. The van der Waals surface area contributed by atoms with E-state index in [1.165, 1.54) is 11.5 Å². The van der Waals surface area contributed by atoms with Gasteiger partial charge in [0.2, 0.25) is 0 Å². The number of aryl methyl sites for hydroxylation is 1. The highest BCUT2D eigenvalue weighted by Crippen LogP contribution is 2.27. The van der Waals surface area contributed by atoms with Crippen molar-refractivity contribution < 1.29 is 0 Å². The predicted octanol–water partition coefficient (Wildman–Crippen LogP) is 4.38. The van der Waals surface area contributed by atoms with Gasteiger partial charge in [0.25, 0.3) is 0 Å². The zero-order valence-corrected chi connectivity index (χ0v) is 17.7. The lowest BCUT2D eigenvalue weighted by molar-refractivity contribution is 1.04. The van der Waals surface area contributed by atoms with Crippen LogP contribution in [-0.4, -0.2) is 33.9 Å². The molecule has 0 radical (unpaired) electrons. The third-order valence-electron chi connectivity index (χ3n) is 4.36. The molecule has 5 heterocycles.